The topological polar surface area (TPSA) is 92.0 Å². The molecule has 0 aliphatic rings. The number of halogens is 1. The van der Waals surface area contributed by atoms with E-state index >= 15 is 0 Å². The monoisotopic (exact) mass is 319 g/mol. The predicted molar refractivity (Wildman–Crippen MR) is 73.4 cm³/mol. The normalized spacial score (nSPS) is 9.95. The second-order valence-electron chi connectivity index (χ2n) is 3.73. The smallest absolute Gasteiger partial charge is 0.291 e. The average Bonchev–Trinajstić information content (AvgIpc) is 2.89. The van der Waals surface area contributed by atoms with Gasteiger partial charge in [0.1, 0.15) is 11.8 Å². The van der Waals surface area contributed by atoms with Crippen molar-refractivity contribution >= 4 is 27.5 Å². The second-order valence-corrected chi connectivity index (χ2v) is 4.64. The highest BCUT2D eigenvalue weighted by atomic mass is 79.9. The van der Waals surface area contributed by atoms with Gasteiger partial charge in [0, 0.05) is 4.47 Å². The molecule has 0 saturated carbocycles. The Morgan fingerprint density at radius 3 is 2.84 bits per heavy atom. The summed E-state index contributed by atoms with van der Waals surface area (Å²) in [6.07, 6.45) is 0. The number of hydrogen-bond acceptors (Lipinski definition) is 4. The minimum absolute atomic E-state index is 0.159. The number of nitrogens with one attached hydrogen (secondary N) is 1. The van der Waals surface area contributed by atoms with Crippen LogP contribution in [0, 0.1) is 11.3 Å². The quantitative estimate of drug-likeness (QED) is 0.909. The summed E-state index contributed by atoms with van der Waals surface area (Å²) >= 11 is 3.26. The molecule has 3 N–H and O–H groups in total. The number of nitrogens with two attached hydrogens (primary N) is 1. The van der Waals surface area contributed by atoms with Crippen LogP contribution < -0.4 is 11.1 Å². The number of carbonyl (C=O) groups excluding carboxylic acids is 1. The fraction of sp³-hybridized carbons (Fsp3) is 0.0769. The minimum atomic E-state index is -0.418. The molecule has 0 atom stereocenters. The molecule has 2 aromatic rings. The van der Waals surface area contributed by atoms with E-state index in [9.17, 15) is 4.79 Å². The minimum Gasteiger partial charge on any atom is -0.455 e. The van der Waals surface area contributed by atoms with Gasteiger partial charge in [-0.25, -0.2) is 0 Å². The van der Waals surface area contributed by atoms with Crippen molar-refractivity contribution in [2.24, 2.45) is 5.73 Å². The summed E-state index contributed by atoms with van der Waals surface area (Å²) < 4.78 is 6.00. The zero-order valence-electron chi connectivity index (χ0n) is 9.81. The lowest BCUT2D eigenvalue weighted by atomic mass is 10.2. The first-order chi connectivity index (χ1) is 9.13. The molecule has 6 heteroatoms. The summed E-state index contributed by atoms with van der Waals surface area (Å²) in [5, 5.41) is 11.6. The molecule has 0 saturated heterocycles. The molecule has 0 radical (unpaired) electrons. The van der Waals surface area contributed by atoms with E-state index < -0.39 is 5.91 Å². The zero-order chi connectivity index (χ0) is 13.8. The summed E-state index contributed by atoms with van der Waals surface area (Å²) in [6.45, 7) is 0.231. The van der Waals surface area contributed by atoms with Crippen LogP contribution in [-0.2, 0) is 6.54 Å². The van der Waals surface area contributed by atoms with E-state index in [0.29, 0.717) is 17.0 Å². The molecular formula is C13H10BrN3O2. The summed E-state index contributed by atoms with van der Waals surface area (Å²) in [7, 11) is 0. The van der Waals surface area contributed by atoms with Crippen LogP contribution in [0.3, 0.4) is 0 Å². The van der Waals surface area contributed by atoms with Gasteiger partial charge in [-0.1, -0.05) is 15.9 Å². The van der Waals surface area contributed by atoms with Crippen LogP contribution in [-0.4, -0.2) is 5.91 Å². The Morgan fingerprint density at radius 1 is 1.42 bits per heavy atom. The molecule has 1 heterocycles. The fourth-order valence-corrected chi connectivity index (χ4v) is 1.87. The third-order valence-corrected chi connectivity index (χ3v) is 2.93. The van der Waals surface area contributed by atoms with E-state index in [1.807, 2.05) is 6.07 Å². The summed E-state index contributed by atoms with van der Waals surface area (Å²) in [6, 6.07) is 10.2. The molecule has 1 aromatic carbocycles. The zero-order valence-corrected chi connectivity index (χ0v) is 11.4. The molecule has 96 valence electrons. The number of carbonyl (C=O) groups is 1. The van der Waals surface area contributed by atoms with Crippen LogP contribution in [0.15, 0.2) is 39.2 Å². The summed E-state index contributed by atoms with van der Waals surface area (Å²) in [4.78, 5) is 11.9. The van der Waals surface area contributed by atoms with Crippen LogP contribution in [0.4, 0.5) is 5.69 Å². The van der Waals surface area contributed by atoms with Crippen LogP contribution in [0.2, 0.25) is 0 Å². The van der Waals surface area contributed by atoms with Crippen molar-refractivity contribution in [3.8, 4) is 6.07 Å². The van der Waals surface area contributed by atoms with Gasteiger partial charge in [0.25, 0.3) is 5.91 Å². The SMILES string of the molecule is N#Cc1cc(Br)ccc1NC(=O)c1ccc(CN)o1. The Morgan fingerprint density at radius 2 is 2.21 bits per heavy atom. The molecule has 2 rings (SSSR count). The third-order valence-electron chi connectivity index (χ3n) is 2.44. The molecule has 0 aliphatic heterocycles. The predicted octanol–water partition coefficient (Wildman–Crippen LogP) is 2.62. The number of nitriles is 1. The van der Waals surface area contributed by atoms with Crippen LogP contribution >= 0.6 is 15.9 Å². The molecule has 0 unspecified atom stereocenters. The highest BCUT2D eigenvalue weighted by molar-refractivity contribution is 9.10. The maximum Gasteiger partial charge on any atom is 0.291 e. The van der Waals surface area contributed by atoms with E-state index in [4.69, 9.17) is 15.4 Å². The Labute approximate surface area is 118 Å². The van der Waals surface area contributed by atoms with Crippen LogP contribution in [0.1, 0.15) is 21.9 Å². The van der Waals surface area contributed by atoms with Crippen LogP contribution in [0.25, 0.3) is 0 Å². The van der Waals surface area contributed by atoms with Crippen LogP contribution in [0.5, 0.6) is 0 Å². The second kappa shape index (κ2) is 5.69. The summed E-state index contributed by atoms with van der Waals surface area (Å²) in [5.41, 5.74) is 6.21. The van der Waals surface area contributed by atoms with Crippen molar-refractivity contribution in [1.29, 1.82) is 5.26 Å². The van der Waals surface area contributed by atoms with Crippen molar-refractivity contribution in [1.82, 2.24) is 0 Å². The fourth-order valence-electron chi connectivity index (χ4n) is 1.51. The first-order valence-corrected chi connectivity index (χ1v) is 6.23. The Hall–Kier alpha value is -2.10. The number of rotatable bonds is 3. The number of nitrogens with zero attached hydrogens (tertiary/aromatic N) is 1. The van der Waals surface area contributed by atoms with Gasteiger partial charge in [-0.2, -0.15) is 5.26 Å². The summed E-state index contributed by atoms with van der Waals surface area (Å²) in [5.74, 6) is 0.271. The average molecular weight is 320 g/mol. The Kier molecular flexibility index (Phi) is 4.00. The highest BCUT2D eigenvalue weighted by Crippen LogP contribution is 2.21. The number of benzene rings is 1. The lowest BCUT2D eigenvalue weighted by Crippen LogP contribution is -2.12. The lowest BCUT2D eigenvalue weighted by molar-refractivity contribution is 0.0995. The molecule has 19 heavy (non-hydrogen) atoms. The van der Waals surface area contributed by atoms with Crippen molar-refractivity contribution in [2.75, 3.05) is 5.32 Å². The van der Waals surface area contributed by atoms with Crippen molar-refractivity contribution < 1.29 is 9.21 Å². The number of amides is 1. The maximum atomic E-state index is 11.9. The number of furan rings is 1. The Bertz CT molecular complexity index is 658. The number of anilines is 1. The van der Waals surface area contributed by atoms with E-state index in [2.05, 4.69) is 21.2 Å². The lowest BCUT2D eigenvalue weighted by Gasteiger charge is -2.05. The number of hydrogen-bond donors (Lipinski definition) is 2. The standard InChI is InChI=1S/C13H10BrN3O2/c14-9-1-3-11(8(5-9)6-15)17-13(18)12-4-2-10(7-16)19-12/h1-5H,7,16H2,(H,17,18). The molecule has 0 aliphatic carbocycles. The molecule has 0 spiro atoms. The molecule has 0 fully saturated rings. The molecule has 1 aromatic heterocycles. The van der Waals surface area contributed by atoms with Gasteiger partial charge in [0.15, 0.2) is 5.76 Å². The van der Waals surface area contributed by atoms with Gasteiger partial charge in [-0.3, -0.25) is 4.79 Å². The first kappa shape index (κ1) is 13.3. The maximum absolute atomic E-state index is 11.9. The van der Waals surface area contributed by atoms with Gasteiger partial charge in [0.2, 0.25) is 0 Å². The van der Waals surface area contributed by atoms with Gasteiger partial charge in [-0.05, 0) is 30.3 Å². The largest absolute Gasteiger partial charge is 0.455 e. The first-order valence-electron chi connectivity index (χ1n) is 5.44. The van der Waals surface area contributed by atoms with E-state index in [1.165, 1.54) is 0 Å². The Balaban J connectivity index is 2.22. The van der Waals surface area contributed by atoms with Crippen molar-refractivity contribution in [3.05, 3.63) is 51.9 Å². The molecule has 1 amide bonds. The van der Waals surface area contributed by atoms with Gasteiger partial charge in [-0.15, -0.1) is 0 Å². The van der Waals surface area contributed by atoms with Gasteiger partial charge < -0.3 is 15.5 Å². The third kappa shape index (κ3) is 3.02. The van der Waals surface area contributed by atoms with Gasteiger partial charge >= 0.3 is 0 Å². The van der Waals surface area contributed by atoms with Crippen molar-refractivity contribution in [3.63, 3.8) is 0 Å². The molecule has 0 bridgehead atoms. The van der Waals surface area contributed by atoms with Gasteiger partial charge in [0.05, 0.1) is 17.8 Å². The van der Waals surface area contributed by atoms with Crippen molar-refractivity contribution in [2.45, 2.75) is 6.54 Å². The van der Waals surface area contributed by atoms with E-state index in [1.54, 1.807) is 30.3 Å². The molecule has 5 nitrogen and oxygen atoms in total. The molecular weight excluding hydrogens is 310 g/mol. The highest BCUT2D eigenvalue weighted by Gasteiger charge is 2.13. The van der Waals surface area contributed by atoms with E-state index in [0.717, 1.165) is 4.47 Å². The van der Waals surface area contributed by atoms with E-state index in [-0.39, 0.29) is 12.3 Å².